The van der Waals surface area contributed by atoms with Crippen molar-refractivity contribution in [3.8, 4) is 0 Å². The van der Waals surface area contributed by atoms with Gasteiger partial charge in [-0.2, -0.15) is 4.80 Å². The van der Waals surface area contributed by atoms with Crippen LogP contribution in [0.2, 0.25) is 0 Å². The van der Waals surface area contributed by atoms with Crippen LogP contribution in [0.15, 0.2) is 121 Å². The van der Waals surface area contributed by atoms with E-state index in [1.807, 2.05) is 72.8 Å². The predicted molar refractivity (Wildman–Crippen MR) is 155 cm³/mol. The molecule has 0 N–H and O–H groups in total. The minimum Gasteiger partial charge on any atom is -0.465 e. The summed E-state index contributed by atoms with van der Waals surface area (Å²) in [7, 11) is -7.42. The second-order valence-electron chi connectivity index (χ2n) is 8.74. The molecule has 0 saturated heterocycles. The third kappa shape index (κ3) is 5.04. The van der Waals surface area contributed by atoms with Gasteiger partial charge >= 0.3 is 5.97 Å². The number of nitrogens with zero attached hydrogens (tertiary/aromatic N) is 3. The van der Waals surface area contributed by atoms with E-state index in [9.17, 15) is 4.79 Å². The lowest BCUT2D eigenvalue weighted by Crippen LogP contribution is -2.39. The van der Waals surface area contributed by atoms with Crippen LogP contribution in [0, 0.1) is 0 Å². The van der Waals surface area contributed by atoms with Crippen molar-refractivity contribution in [2.45, 2.75) is 13.5 Å². The fourth-order valence-corrected chi connectivity index (χ4v) is 10.4. The van der Waals surface area contributed by atoms with E-state index in [0.29, 0.717) is 21.2 Å². The van der Waals surface area contributed by atoms with Crippen LogP contribution in [0.5, 0.6) is 0 Å². The van der Waals surface area contributed by atoms with Crippen LogP contribution in [-0.4, -0.2) is 27.6 Å². The third-order valence-corrected chi connectivity index (χ3v) is 12.3. The number of hydrogen-bond acceptors (Lipinski definition) is 6. The van der Waals surface area contributed by atoms with E-state index in [2.05, 4.69) is 10.2 Å². The molecule has 5 aromatic rings. The Kier molecular flexibility index (Phi) is 7.74. The highest BCUT2D eigenvalue weighted by atomic mass is 31.2. The Bertz CT molecular complexity index is 1460. The standard InChI is InChI=1S/C30H27N3O4P2/c1-2-37-28(34)23-33-31-29(38(35,24-15-7-3-8-16-24)25-17-9-4-10-18-25)30(32-33)39(36,26-19-11-5-12-20-26)27-21-13-6-14-22-27/h3-22H,2,23H2,1H3. The molecule has 0 atom stereocenters. The molecule has 4 aromatic carbocycles. The number of esters is 1. The minimum absolute atomic E-state index is 0.0836. The molecule has 39 heavy (non-hydrogen) atoms. The summed E-state index contributed by atoms with van der Waals surface area (Å²) in [6.07, 6.45) is 0. The lowest BCUT2D eigenvalue weighted by Gasteiger charge is -2.22. The van der Waals surface area contributed by atoms with Gasteiger partial charge in [-0.25, -0.2) is 4.79 Å². The van der Waals surface area contributed by atoms with E-state index < -0.39 is 20.3 Å². The second kappa shape index (κ2) is 11.4. The first-order valence-electron chi connectivity index (χ1n) is 12.5. The molecule has 0 fully saturated rings. The summed E-state index contributed by atoms with van der Waals surface area (Å²) in [5, 5.41) is 11.4. The van der Waals surface area contributed by atoms with Gasteiger partial charge in [0.1, 0.15) is 0 Å². The third-order valence-electron chi connectivity index (χ3n) is 6.27. The van der Waals surface area contributed by atoms with Gasteiger partial charge < -0.3 is 13.9 Å². The zero-order valence-corrected chi connectivity index (χ0v) is 23.1. The normalized spacial score (nSPS) is 11.7. The Morgan fingerprint density at radius 3 is 1.21 bits per heavy atom. The van der Waals surface area contributed by atoms with Crippen molar-refractivity contribution in [3.05, 3.63) is 121 Å². The largest absolute Gasteiger partial charge is 0.465 e. The van der Waals surface area contributed by atoms with Crippen molar-refractivity contribution in [2.75, 3.05) is 6.61 Å². The Balaban J connectivity index is 1.86. The number of carbonyl (C=O) groups excluding carboxylic acids is 1. The molecule has 1 aromatic heterocycles. The van der Waals surface area contributed by atoms with Crippen LogP contribution in [0.4, 0.5) is 0 Å². The van der Waals surface area contributed by atoms with Gasteiger partial charge in [0.2, 0.25) is 0 Å². The Labute approximate surface area is 227 Å². The Hall–Kier alpha value is -4.05. The molecule has 0 aliphatic carbocycles. The number of carbonyl (C=O) groups is 1. The molecular formula is C30H27N3O4P2. The predicted octanol–water partition coefficient (Wildman–Crippen LogP) is 3.12. The fourth-order valence-electron chi connectivity index (χ4n) is 4.47. The molecule has 7 nitrogen and oxygen atoms in total. The number of rotatable bonds is 9. The molecule has 5 rings (SSSR count). The summed E-state index contributed by atoms with van der Waals surface area (Å²) in [4.78, 5) is 13.6. The minimum atomic E-state index is -3.71. The number of benzene rings is 4. The zero-order chi connectivity index (χ0) is 27.3. The second-order valence-corrected chi connectivity index (χ2v) is 14.1. The van der Waals surface area contributed by atoms with Crippen LogP contribution in [-0.2, 0) is 25.2 Å². The van der Waals surface area contributed by atoms with Gasteiger partial charge in [-0.15, -0.1) is 10.2 Å². The maximum absolute atomic E-state index is 15.4. The number of ether oxygens (including phenoxy) is 1. The van der Waals surface area contributed by atoms with E-state index in [1.54, 1.807) is 55.5 Å². The lowest BCUT2D eigenvalue weighted by atomic mass is 10.4. The highest BCUT2D eigenvalue weighted by Gasteiger charge is 2.44. The van der Waals surface area contributed by atoms with E-state index in [1.165, 1.54) is 0 Å². The van der Waals surface area contributed by atoms with E-state index in [4.69, 9.17) is 4.74 Å². The lowest BCUT2D eigenvalue weighted by molar-refractivity contribution is -0.144. The van der Waals surface area contributed by atoms with E-state index >= 15 is 9.13 Å². The Morgan fingerprint density at radius 2 is 0.923 bits per heavy atom. The van der Waals surface area contributed by atoms with E-state index in [0.717, 1.165) is 4.80 Å². The average Bonchev–Trinajstić information content (AvgIpc) is 3.43. The van der Waals surface area contributed by atoms with Crippen molar-refractivity contribution in [1.29, 1.82) is 0 Å². The molecule has 0 aliphatic rings. The highest BCUT2D eigenvalue weighted by Crippen LogP contribution is 2.47. The molecule has 0 saturated carbocycles. The van der Waals surface area contributed by atoms with Crippen molar-refractivity contribution < 1.29 is 18.7 Å². The van der Waals surface area contributed by atoms with Crippen molar-refractivity contribution in [3.63, 3.8) is 0 Å². The monoisotopic (exact) mass is 555 g/mol. The van der Waals surface area contributed by atoms with Crippen LogP contribution >= 0.6 is 14.3 Å². The topological polar surface area (TPSA) is 91.2 Å². The average molecular weight is 556 g/mol. The fraction of sp³-hybridized carbons (Fsp3) is 0.100. The quantitative estimate of drug-likeness (QED) is 0.205. The van der Waals surface area contributed by atoms with Gasteiger partial charge in [0, 0.05) is 21.2 Å². The summed E-state index contributed by atoms with van der Waals surface area (Å²) in [6.45, 7) is 1.59. The number of aromatic nitrogens is 3. The SMILES string of the molecule is CCOC(=O)Cn1nc(P(=O)(c2ccccc2)c2ccccc2)c(P(=O)(c2ccccc2)c2ccccc2)n1. The molecule has 9 heteroatoms. The van der Waals surface area contributed by atoms with E-state index in [-0.39, 0.29) is 24.0 Å². The van der Waals surface area contributed by atoms with Crippen LogP contribution in [0.25, 0.3) is 0 Å². The first-order chi connectivity index (χ1) is 19.0. The Morgan fingerprint density at radius 1 is 0.615 bits per heavy atom. The summed E-state index contributed by atoms with van der Waals surface area (Å²) in [5.74, 6) is -0.547. The van der Waals surface area contributed by atoms with Crippen LogP contribution < -0.4 is 32.1 Å². The van der Waals surface area contributed by atoms with Crippen LogP contribution in [0.3, 0.4) is 0 Å². The van der Waals surface area contributed by atoms with Gasteiger partial charge in [-0.05, 0) is 6.92 Å². The molecule has 0 bridgehead atoms. The van der Waals surface area contributed by atoms with Gasteiger partial charge in [-0.1, -0.05) is 121 Å². The van der Waals surface area contributed by atoms with Crippen molar-refractivity contribution >= 4 is 52.3 Å². The van der Waals surface area contributed by atoms with Crippen molar-refractivity contribution in [2.24, 2.45) is 0 Å². The smallest absolute Gasteiger partial charge is 0.329 e. The van der Waals surface area contributed by atoms with Gasteiger partial charge in [0.05, 0.1) is 6.61 Å². The maximum Gasteiger partial charge on any atom is 0.329 e. The molecule has 0 radical (unpaired) electrons. The van der Waals surface area contributed by atoms with Gasteiger partial charge in [0.25, 0.3) is 0 Å². The molecular weight excluding hydrogens is 528 g/mol. The molecule has 1 heterocycles. The number of hydrogen-bond donors (Lipinski definition) is 0. The summed E-state index contributed by atoms with van der Waals surface area (Å²) >= 11 is 0. The van der Waals surface area contributed by atoms with Gasteiger partial charge in [0.15, 0.2) is 31.7 Å². The maximum atomic E-state index is 15.4. The first kappa shape index (κ1) is 26.6. The molecule has 0 spiro atoms. The first-order valence-corrected chi connectivity index (χ1v) is 15.9. The summed E-state index contributed by atoms with van der Waals surface area (Å²) in [6, 6.07) is 36.0. The van der Waals surface area contributed by atoms with Gasteiger partial charge in [-0.3, -0.25) is 0 Å². The zero-order valence-electron chi connectivity index (χ0n) is 21.3. The van der Waals surface area contributed by atoms with Crippen molar-refractivity contribution in [1.82, 2.24) is 15.0 Å². The molecule has 0 unspecified atom stereocenters. The summed E-state index contributed by atoms with van der Waals surface area (Å²) in [5.41, 5.74) is 0.167. The highest BCUT2D eigenvalue weighted by molar-refractivity contribution is 7.90. The molecule has 196 valence electrons. The van der Waals surface area contributed by atoms with Crippen LogP contribution in [0.1, 0.15) is 6.92 Å². The summed E-state index contributed by atoms with van der Waals surface area (Å²) < 4.78 is 36.0. The molecule has 0 aliphatic heterocycles. The molecule has 0 amide bonds.